The number of carbonyl (C=O) groups is 1. The molecule has 4 nitrogen and oxygen atoms in total. The highest BCUT2D eigenvalue weighted by Gasteiger charge is 2.41. The minimum atomic E-state index is -0.129. The van der Waals surface area contributed by atoms with Gasteiger partial charge in [0.1, 0.15) is 5.82 Å². The van der Waals surface area contributed by atoms with Crippen molar-refractivity contribution in [3.63, 3.8) is 0 Å². The average molecular weight is 306 g/mol. The van der Waals surface area contributed by atoms with Gasteiger partial charge in [-0.1, -0.05) is 18.2 Å². The molecule has 0 N–H and O–H groups in total. The van der Waals surface area contributed by atoms with Crippen molar-refractivity contribution < 1.29 is 13.9 Å². The lowest BCUT2D eigenvalue weighted by Crippen LogP contribution is -2.33. The summed E-state index contributed by atoms with van der Waals surface area (Å²) in [5.41, 5.74) is 0.760. The van der Waals surface area contributed by atoms with Crippen LogP contribution in [0.3, 0.4) is 0 Å². The lowest BCUT2D eigenvalue weighted by atomic mass is 10.0. The minimum Gasteiger partial charge on any atom is -0.384 e. The Morgan fingerprint density at radius 3 is 2.55 bits per heavy atom. The van der Waals surface area contributed by atoms with E-state index >= 15 is 0 Å². The van der Waals surface area contributed by atoms with Crippen LogP contribution < -0.4 is 0 Å². The van der Waals surface area contributed by atoms with E-state index in [-0.39, 0.29) is 11.7 Å². The number of halogens is 1. The Morgan fingerprint density at radius 2 is 1.91 bits per heavy atom. The van der Waals surface area contributed by atoms with E-state index in [1.165, 1.54) is 6.07 Å². The van der Waals surface area contributed by atoms with Crippen LogP contribution in [0.15, 0.2) is 24.3 Å². The number of carbonyl (C=O) groups excluding carboxylic acids is 1. The molecule has 1 aromatic rings. The van der Waals surface area contributed by atoms with Crippen LogP contribution in [0.5, 0.6) is 0 Å². The molecule has 0 aromatic heterocycles. The number of hydrogen-bond donors (Lipinski definition) is 0. The van der Waals surface area contributed by atoms with Crippen LogP contribution >= 0.6 is 0 Å². The maximum atomic E-state index is 13.7. The van der Waals surface area contributed by atoms with Crippen molar-refractivity contribution in [3.8, 4) is 0 Å². The Kier molecular flexibility index (Phi) is 4.74. The van der Waals surface area contributed by atoms with Crippen molar-refractivity contribution >= 4 is 5.91 Å². The predicted molar refractivity (Wildman–Crippen MR) is 81.7 cm³/mol. The first kappa shape index (κ1) is 15.4. The third-order valence-electron chi connectivity index (χ3n) is 4.79. The second kappa shape index (κ2) is 6.75. The minimum absolute atomic E-state index is 0.129. The summed E-state index contributed by atoms with van der Waals surface area (Å²) in [6.07, 6.45) is 0.467. The van der Waals surface area contributed by atoms with Gasteiger partial charge in [0.2, 0.25) is 5.91 Å². The van der Waals surface area contributed by atoms with Gasteiger partial charge in [0, 0.05) is 45.4 Å². The Labute approximate surface area is 130 Å². The molecule has 22 heavy (non-hydrogen) atoms. The van der Waals surface area contributed by atoms with Crippen molar-refractivity contribution in [2.75, 3.05) is 39.9 Å². The van der Waals surface area contributed by atoms with Gasteiger partial charge in [-0.2, -0.15) is 0 Å². The highest BCUT2D eigenvalue weighted by molar-refractivity contribution is 5.76. The van der Waals surface area contributed by atoms with Crippen molar-refractivity contribution in [2.45, 2.75) is 13.0 Å². The maximum absolute atomic E-state index is 13.7. The zero-order valence-electron chi connectivity index (χ0n) is 13.0. The summed E-state index contributed by atoms with van der Waals surface area (Å²) in [6, 6.07) is 6.97. The summed E-state index contributed by atoms with van der Waals surface area (Å²) < 4.78 is 18.7. The molecule has 0 radical (unpaired) electrons. The Morgan fingerprint density at radius 1 is 1.23 bits per heavy atom. The number of nitrogens with zero attached hydrogens (tertiary/aromatic N) is 2. The summed E-state index contributed by atoms with van der Waals surface area (Å²) in [5, 5.41) is 0. The van der Waals surface area contributed by atoms with Gasteiger partial charge in [-0.25, -0.2) is 4.39 Å². The van der Waals surface area contributed by atoms with Crippen LogP contribution in [0.1, 0.15) is 12.0 Å². The van der Waals surface area contributed by atoms with E-state index in [2.05, 4.69) is 4.90 Å². The lowest BCUT2D eigenvalue weighted by Gasteiger charge is -2.21. The number of rotatable bonds is 5. The van der Waals surface area contributed by atoms with Crippen molar-refractivity contribution in [1.82, 2.24) is 9.80 Å². The van der Waals surface area contributed by atoms with Gasteiger partial charge in [-0.15, -0.1) is 0 Å². The Balaban J connectivity index is 1.51. The van der Waals surface area contributed by atoms with Crippen LogP contribution in [0.2, 0.25) is 0 Å². The highest BCUT2D eigenvalue weighted by atomic mass is 19.1. The molecular formula is C17H23FN2O2. The summed E-state index contributed by atoms with van der Waals surface area (Å²) >= 11 is 0. The molecule has 2 aliphatic heterocycles. The molecule has 0 unspecified atom stereocenters. The van der Waals surface area contributed by atoms with Crippen LogP contribution in [0, 0.1) is 17.7 Å². The van der Waals surface area contributed by atoms with E-state index in [1.807, 2.05) is 17.0 Å². The SMILES string of the molecule is COCCC(=O)N1C[C@@H]2CN(Cc3ccccc3F)C[C@H]2C1. The summed E-state index contributed by atoms with van der Waals surface area (Å²) in [7, 11) is 1.62. The van der Waals surface area contributed by atoms with Gasteiger partial charge in [-0.3, -0.25) is 9.69 Å². The van der Waals surface area contributed by atoms with Gasteiger partial charge in [0.15, 0.2) is 0 Å². The molecular weight excluding hydrogens is 283 g/mol. The molecule has 2 fully saturated rings. The monoisotopic (exact) mass is 306 g/mol. The van der Waals surface area contributed by atoms with Gasteiger partial charge in [0.25, 0.3) is 0 Å². The van der Waals surface area contributed by atoms with Crippen LogP contribution in [-0.2, 0) is 16.1 Å². The smallest absolute Gasteiger partial charge is 0.224 e. The Bertz CT molecular complexity index is 523. The van der Waals surface area contributed by atoms with Gasteiger partial charge < -0.3 is 9.64 Å². The quantitative estimate of drug-likeness (QED) is 0.831. The lowest BCUT2D eigenvalue weighted by molar-refractivity contribution is -0.131. The largest absolute Gasteiger partial charge is 0.384 e. The number of hydrogen-bond acceptors (Lipinski definition) is 3. The van der Waals surface area contributed by atoms with E-state index < -0.39 is 0 Å². The number of benzene rings is 1. The molecule has 2 saturated heterocycles. The molecule has 2 heterocycles. The molecule has 120 valence electrons. The molecule has 5 heteroatoms. The van der Waals surface area contributed by atoms with E-state index in [1.54, 1.807) is 13.2 Å². The van der Waals surface area contributed by atoms with Gasteiger partial charge >= 0.3 is 0 Å². The number of methoxy groups -OCH3 is 1. The molecule has 3 rings (SSSR count). The van der Waals surface area contributed by atoms with Crippen LogP contribution in [0.4, 0.5) is 4.39 Å². The molecule has 0 saturated carbocycles. The van der Waals surface area contributed by atoms with Crippen molar-refractivity contribution in [3.05, 3.63) is 35.6 Å². The fourth-order valence-corrected chi connectivity index (χ4v) is 3.64. The molecule has 1 amide bonds. The zero-order valence-corrected chi connectivity index (χ0v) is 13.0. The summed E-state index contributed by atoms with van der Waals surface area (Å²) in [6.45, 7) is 4.73. The molecule has 0 bridgehead atoms. The number of ether oxygens (including phenoxy) is 1. The first-order chi connectivity index (χ1) is 10.7. The second-order valence-corrected chi connectivity index (χ2v) is 6.35. The summed E-state index contributed by atoms with van der Waals surface area (Å²) in [5.74, 6) is 1.12. The van der Waals surface area contributed by atoms with E-state index in [0.29, 0.717) is 31.4 Å². The highest BCUT2D eigenvalue weighted by Crippen LogP contribution is 2.32. The Hall–Kier alpha value is -1.46. The van der Waals surface area contributed by atoms with Gasteiger partial charge in [0.05, 0.1) is 13.0 Å². The molecule has 2 aliphatic rings. The molecule has 1 aromatic carbocycles. The average Bonchev–Trinajstić information content (AvgIpc) is 3.05. The molecule has 0 aliphatic carbocycles. The van der Waals surface area contributed by atoms with Crippen LogP contribution in [-0.4, -0.2) is 55.6 Å². The number of amides is 1. The van der Waals surface area contributed by atoms with Gasteiger partial charge in [-0.05, 0) is 17.9 Å². The third-order valence-corrected chi connectivity index (χ3v) is 4.79. The van der Waals surface area contributed by atoms with E-state index in [9.17, 15) is 9.18 Å². The summed E-state index contributed by atoms with van der Waals surface area (Å²) in [4.78, 5) is 16.3. The van der Waals surface area contributed by atoms with E-state index in [0.717, 1.165) is 31.7 Å². The molecule has 0 spiro atoms. The first-order valence-electron chi connectivity index (χ1n) is 7.90. The van der Waals surface area contributed by atoms with Crippen molar-refractivity contribution in [1.29, 1.82) is 0 Å². The fraction of sp³-hybridized carbons (Fsp3) is 0.588. The maximum Gasteiger partial charge on any atom is 0.224 e. The standard InChI is InChI=1S/C17H23FN2O2/c1-22-7-6-17(21)20-11-14-9-19(10-15(14)12-20)8-13-4-2-3-5-16(13)18/h2-5,14-15H,6-12H2,1H3/t14-,15-/m0/s1. The first-order valence-corrected chi connectivity index (χ1v) is 7.90. The third kappa shape index (κ3) is 3.31. The zero-order chi connectivity index (χ0) is 15.5. The predicted octanol–water partition coefficient (Wildman–Crippen LogP) is 1.75. The van der Waals surface area contributed by atoms with E-state index in [4.69, 9.17) is 4.74 Å². The fourth-order valence-electron chi connectivity index (χ4n) is 3.64. The number of fused-ring (bicyclic) bond motifs is 1. The van der Waals surface area contributed by atoms with Crippen LogP contribution in [0.25, 0.3) is 0 Å². The number of likely N-dealkylation sites (tertiary alicyclic amines) is 2. The normalized spacial score (nSPS) is 24.7. The topological polar surface area (TPSA) is 32.8 Å². The second-order valence-electron chi connectivity index (χ2n) is 6.35. The van der Waals surface area contributed by atoms with Crippen molar-refractivity contribution in [2.24, 2.45) is 11.8 Å². The molecule has 2 atom stereocenters.